The first-order valence-electron chi connectivity index (χ1n) is 11.3. The molecule has 0 spiro atoms. The zero-order valence-electron chi connectivity index (χ0n) is 19.9. The van der Waals surface area contributed by atoms with Crippen molar-refractivity contribution in [1.29, 1.82) is 0 Å². The van der Waals surface area contributed by atoms with Gasteiger partial charge in [-0.3, -0.25) is 4.99 Å². The van der Waals surface area contributed by atoms with Gasteiger partial charge >= 0.3 is 6.09 Å². The van der Waals surface area contributed by atoms with Gasteiger partial charge in [0.15, 0.2) is 5.96 Å². The zero-order chi connectivity index (χ0) is 21.9. The number of hydrogen-bond donors (Lipinski definition) is 3. The van der Waals surface area contributed by atoms with Crippen LogP contribution in [0.3, 0.4) is 0 Å². The van der Waals surface area contributed by atoms with Crippen LogP contribution in [0.1, 0.15) is 67.2 Å². The Morgan fingerprint density at radius 3 is 2.57 bits per heavy atom. The van der Waals surface area contributed by atoms with E-state index in [1.165, 1.54) is 0 Å². The number of hydrogen-bond acceptors (Lipinski definition) is 4. The van der Waals surface area contributed by atoms with Gasteiger partial charge in [-0.25, -0.2) is 4.79 Å². The maximum atomic E-state index is 12.4. The Hall–Kier alpha value is -0.770. The number of likely N-dealkylation sites (tertiary alicyclic amines) is 1. The molecule has 0 radical (unpaired) electrons. The lowest BCUT2D eigenvalue weighted by Crippen LogP contribution is -2.47. The van der Waals surface area contributed by atoms with Crippen molar-refractivity contribution in [3.8, 4) is 0 Å². The molecule has 2 atom stereocenters. The monoisotopic (exact) mass is 540 g/mol. The summed E-state index contributed by atoms with van der Waals surface area (Å²) in [5.41, 5.74) is -0.464. The summed E-state index contributed by atoms with van der Waals surface area (Å²) in [5, 5.41) is 16.1. The molecule has 1 heterocycles. The molecule has 178 valence electrons. The second-order valence-electron chi connectivity index (χ2n) is 9.54. The van der Waals surface area contributed by atoms with E-state index < -0.39 is 5.60 Å². The van der Waals surface area contributed by atoms with E-state index in [1.807, 2.05) is 25.7 Å². The fourth-order valence-electron chi connectivity index (χ4n) is 3.66. The predicted molar refractivity (Wildman–Crippen MR) is 135 cm³/mol. The van der Waals surface area contributed by atoms with Gasteiger partial charge in [0.05, 0.1) is 0 Å². The molecule has 1 aliphatic rings. The van der Waals surface area contributed by atoms with E-state index in [0.717, 1.165) is 51.3 Å². The van der Waals surface area contributed by atoms with Gasteiger partial charge in [-0.05, 0) is 71.1 Å². The number of carbonyl (C=O) groups is 1. The first kappa shape index (κ1) is 29.2. The number of aliphatic hydroxyl groups excluding tert-OH is 1. The van der Waals surface area contributed by atoms with E-state index in [9.17, 15) is 9.90 Å². The molecule has 7 nitrogen and oxygen atoms in total. The Balaban J connectivity index is 0.00000841. The molecular weight excluding hydrogens is 495 g/mol. The minimum Gasteiger partial charge on any atom is -0.444 e. The maximum Gasteiger partial charge on any atom is 0.410 e. The number of guanidine groups is 1. The summed E-state index contributed by atoms with van der Waals surface area (Å²) in [6.07, 6.45) is 3.72. The van der Waals surface area contributed by atoms with E-state index >= 15 is 0 Å². The lowest BCUT2D eigenvalue weighted by atomic mass is 9.94. The van der Waals surface area contributed by atoms with E-state index in [4.69, 9.17) is 9.73 Å². The minimum atomic E-state index is -0.464. The Labute approximate surface area is 200 Å². The fourth-order valence-corrected chi connectivity index (χ4v) is 3.66. The van der Waals surface area contributed by atoms with Crippen LogP contribution in [0.15, 0.2) is 4.99 Å². The smallest absolute Gasteiger partial charge is 0.410 e. The van der Waals surface area contributed by atoms with Gasteiger partial charge < -0.3 is 25.4 Å². The third-order valence-corrected chi connectivity index (χ3v) is 4.92. The number of nitrogens with one attached hydrogen (secondary N) is 2. The zero-order valence-corrected chi connectivity index (χ0v) is 22.2. The van der Waals surface area contributed by atoms with Crippen LogP contribution in [0.4, 0.5) is 4.79 Å². The topological polar surface area (TPSA) is 86.2 Å². The van der Waals surface area contributed by atoms with E-state index in [1.54, 1.807) is 0 Å². The molecular formula is C22H45IN4O3. The van der Waals surface area contributed by atoms with Gasteiger partial charge in [0.25, 0.3) is 0 Å². The number of nitrogens with zero attached hydrogens (tertiary/aromatic N) is 2. The molecule has 3 N–H and O–H groups in total. The third-order valence-electron chi connectivity index (χ3n) is 4.92. The highest BCUT2D eigenvalue weighted by Gasteiger charge is 2.27. The number of rotatable bonds is 9. The molecule has 0 aromatic rings. The maximum absolute atomic E-state index is 12.4. The number of ether oxygens (including phenoxy) is 1. The van der Waals surface area contributed by atoms with Gasteiger partial charge in [-0.2, -0.15) is 0 Å². The number of aliphatic hydroxyl groups is 1. The van der Waals surface area contributed by atoms with Crippen LogP contribution in [0, 0.1) is 17.8 Å². The molecule has 30 heavy (non-hydrogen) atoms. The molecule has 1 saturated heterocycles. The van der Waals surface area contributed by atoms with E-state index in [0.29, 0.717) is 30.8 Å². The Morgan fingerprint density at radius 2 is 2.00 bits per heavy atom. The molecule has 1 amide bonds. The minimum absolute atomic E-state index is 0. The Kier molecular flexibility index (Phi) is 14.7. The van der Waals surface area contributed by atoms with Crippen molar-refractivity contribution in [2.24, 2.45) is 22.7 Å². The van der Waals surface area contributed by atoms with Crippen LogP contribution in [0.25, 0.3) is 0 Å². The van der Waals surface area contributed by atoms with Crippen molar-refractivity contribution in [3.63, 3.8) is 0 Å². The summed E-state index contributed by atoms with van der Waals surface area (Å²) in [5.74, 6) is 2.18. The summed E-state index contributed by atoms with van der Waals surface area (Å²) in [4.78, 5) is 18.9. The number of halogens is 1. The predicted octanol–water partition coefficient (Wildman–Crippen LogP) is 3.85. The average Bonchev–Trinajstić information content (AvgIpc) is 2.62. The van der Waals surface area contributed by atoms with Crippen LogP contribution in [0.5, 0.6) is 0 Å². The fraction of sp³-hybridized carbons (Fsp3) is 0.909. The van der Waals surface area contributed by atoms with Gasteiger partial charge in [0, 0.05) is 39.3 Å². The molecule has 1 aliphatic heterocycles. The third kappa shape index (κ3) is 12.8. The molecule has 0 aliphatic carbocycles. The number of carbonyl (C=O) groups excluding carboxylic acids is 1. The van der Waals surface area contributed by atoms with Crippen molar-refractivity contribution >= 4 is 36.0 Å². The van der Waals surface area contributed by atoms with E-state index in [2.05, 4.69) is 31.4 Å². The highest BCUT2D eigenvalue weighted by atomic mass is 127. The quantitative estimate of drug-likeness (QED) is 0.235. The van der Waals surface area contributed by atoms with E-state index in [-0.39, 0.29) is 36.7 Å². The molecule has 0 aromatic heterocycles. The lowest BCUT2D eigenvalue weighted by molar-refractivity contribution is 0.0168. The highest BCUT2D eigenvalue weighted by molar-refractivity contribution is 14.0. The highest BCUT2D eigenvalue weighted by Crippen LogP contribution is 2.19. The first-order valence-corrected chi connectivity index (χ1v) is 11.3. The average molecular weight is 541 g/mol. The van der Waals surface area contributed by atoms with Crippen LogP contribution in [-0.2, 0) is 4.74 Å². The van der Waals surface area contributed by atoms with Gasteiger partial charge in [-0.15, -0.1) is 24.0 Å². The van der Waals surface area contributed by atoms with Crippen molar-refractivity contribution in [2.45, 2.75) is 72.8 Å². The molecule has 0 aromatic carbocycles. The summed E-state index contributed by atoms with van der Waals surface area (Å²) < 4.78 is 5.52. The van der Waals surface area contributed by atoms with Crippen LogP contribution < -0.4 is 10.6 Å². The van der Waals surface area contributed by atoms with Gasteiger partial charge in [0.1, 0.15) is 5.60 Å². The molecule has 2 unspecified atom stereocenters. The van der Waals surface area contributed by atoms with Crippen molar-refractivity contribution in [1.82, 2.24) is 15.5 Å². The van der Waals surface area contributed by atoms with Crippen LogP contribution >= 0.6 is 24.0 Å². The van der Waals surface area contributed by atoms with Crippen LogP contribution in [-0.4, -0.2) is 67.0 Å². The molecule has 1 fully saturated rings. The van der Waals surface area contributed by atoms with Crippen LogP contribution in [0.2, 0.25) is 0 Å². The molecule has 8 heteroatoms. The normalized spacial score (nSPS) is 18.6. The number of piperidine rings is 1. The summed E-state index contributed by atoms with van der Waals surface area (Å²) in [7, 11) is 0. The summed E-state index contributed by atoms with van der Waals surface area (Å²) >= 11 is 0. The largest absolute Gasteiger partial charge is 0.444 e. The SMILES string of the molecule is CCNC(=NCC(CCO)CC(C)C)NCC1CCCN(C(=O)OC(C)(C)C)C1.I. The number of amides is 1. The second-order valence-corrected chi connectivity index (χ2v) is 9.54. The standard InChI is InChI=1S/C22H44N4O3.HI/c1-7-23-20(24-14-18(10-12-27)13-17(2)3)25-15-19-9-8-11-26(16-19)21(28)29-22(4,5)6;/h17-19,27H,7-16H2,1-6H3,(H2,23,24,25);1H. The summed E-state index contributed by atoms with van der Waals surface area (Å²) in [6.45, 7) is 16.1. The first-order chi connectivity index (χ1) is 13.6. The Morgan fingerprint density at radius 1 is 1.30 bits per heavy atom. The van der Waals surface area contributed by atoms with Crippen molar-refractivity contribution in [3.05, 3.63) is 0 Å². The second kappa shape index (κ2) is 15.1. The molecule has 0 saturated carbocycles. The molecule has 0 bridgehead atoms. The lowest BCUT2D eigenvalue weighted by Gasteiger charge is -2.34. The number of aliphatic imine (C=N–C) groups is 1. The van der Waals surface area contributed by atoms with Crippen molar-refractivity contribution < 1.29 is 14.6 Å². The van der Waals surface area contributed by atoms with Gasteiger partial charge in [0.2, 0.25) is 0 Å². The Bertz CT molecular complexity index is 509. The van der Waals surface area contributed by atoms with Gasteiger partial charge in [-0.1, -0.05) is 13.8 Å². The molecule has 1 rings (SSSR count). The van der Waals surface area contributed by atoms with Crippen molar-refractivity contribution in [2.75, 3.05) is 39.3 Å². The summed E-state index contributed by atoms with van der Waals surface area (Å²) in [6, 6.07) is 0.